The van der Waals surface area contributed by atoms with E-state index >= 15 is 0 Å². The Morgan fingerprint density at radius 2 is 1.53 bits per heavy atom. The maximum atomic E-state index is 13.2. The van der Waals surface area contributed by atoms with E-state index in [-0.39, 0.29) is 12.1 Å². The van der Waals surface area contributed by atoms with Gasteiger partial charge in [0.05, 0.1) is 22.3 Å². The van der Waals surface area contributed by atoms with Gasteiger partial charge < -0.3 is 5.32 Å². The Balaban J connectivity index is 1.69. The highest BCUT2D eigenvalue weighted by atomic mass is 19.4. The van der Waals surface area contributed by atoms with E-state index in [1.54, 1.807) is 24.3 Å². The number of para-hydroxylation sites is 1. The van der Waals surface area contributed by atoms with Gasteiger partial charge in [0, 0.05) is 17.5 Å². The van der Waals surface area contributed by atoms with Crippen LogP contribution in [0, 0.1) is 0 Å². The van der Waals surface area contributed by atoms with Crippen molar-refractivity contribution in [2.45, 2.75) is 12.7 Å². The van der Waals surface area contributed by atoms with E-state index in [1.807, 2.05) is 36.4 Å². The van der Waals surface area contributed by atoms with E-state index < -0.39 is 17.6 Å². The van der Waals surface area contributed by atoms with E-state index in [4.69, 9.17) is 0 Å². The van der Waals surface area contributed by atoms with Crippen molar-refractivity contribution in [2.75, 3.05) is 0 Å². The molecule has 0 atom stereocenters. The summed E-state index contributed by atoms with van der Waals surface area (Å²) in [5.74, 6) is -0.456. The topological polar surface area (TPSA) is 42.0 Å². The molecule has 0 bridgehead atoms. The predicted octanol–water partition coefficient (Wildman–Crippen LogP) is 5.85. The van der Waals surface area contributed by atoms with Crippen LogP contribution in [0.1, 0.15) is 21.5 Å². The number of carbonyl (C=O) groups excluding carboxylic acids is 1. The molecule has 1 amide bonds. The maximum Gasteiger partial charge on any atom is 0.416 e. The summed E-state index contributed by atoms with van der Waals surface area (Å²) in [7, 11) is 0. The smallest absolute Gasteiger partial charge is 0.348 e. The van der Waals surface area contributed by atoms with Crippen LogP contribution in [-0.2, 0) is 12.7 Å². The Morgan fingerprint density at radius 3 is 2.30 bits per heavy atom. The average molecular weight is 406 g/mol. The number of hydrogen-bond acceptors (Lipinski definition) is 2. The molecule has 6 heteroatoms. The zero-order valence-corrected chi connectivity index (χ0v) is 15.8. The van der Waals surface area contributed by atoms with Crippen molar-refractivity contribution in [1.29, 1.82) is 0 Å². The summed E-state index contributed by atoms with van der Waals surface area (Å²) in [4.78, 5) is 17.6. The number of fused-ring (bicyclic) bond motifs is 1. The second-order valence-electron chi connectivity index (χ2n) is 6.78. The Morgan fingerprint density at radius 1 is 0.867 bits per heavy atom. The minimum atomic E-state index is -4.48. The summed E-state index contributed by atoms with van der Waals surface area (Å²) in [5, 5.41) is 3.27. The van der Waals surface area contributed by atoms with Crippen LogP contribution in [0.3, 0.4) is 0 Å². The van der Waals surface area contributed by atoms with Crippen molar-refractivity contribution in [1.82, 2.24) is 10.3 Å². The van der Waals surface area contributed by atoms with E-state index in [0.29, 0.717) is 22.2 Å². The number of carbonyl (C=O) groups is 1. The highest BCUT2D eigenvalue weighted by Crippen LogP contribution is 2.32. The van der Waals surface area contributed by atoms with E-state index in [2.05, 4.69) is 10.3 Å². The van der Waals surface area contributed by atoms with Crippen molar-refractivity contribution in [3.8, 4) is 11.3 Å². The highest BCUT2D eigenvalue weighted by Gasteiger charge is 2.32. The molecule has 4 rings (SSSR count). The molecule has 0 aliphatic heterocycles. The number of rotatable bonds is 4. The Kier molecular flexibility index (Phi) is 5.23. The van der Waals surface area contributed by atoms with Crippen LogP contribution in [0.25, 0.3) is 22.2 Å². The summed E-state index contributed by atoms with van der Waals surface area (Å²) in [6, 6.07) is 23.5. The summed E-state index contributed by atoms with van der Waals surface area (Å²) in [5.41, 5.74) is 1.73. The summed E-state index contributed by atoms with van der Waals surface area (Å²) >= 11 is 0. The number of alkyl halides is 3. The SMILES string of the molecule is O=C(NCc1ccccc1C(F)(F)F)c1cc(-c2ccccc2)nc2ccccc12. The lowest BCUT2D eigenvalue weighted by Crippen LogP contribution is -2.25. The molecule has 0 spiro atoms. The van der Waals surface area contributed by atoms with Gasteiger partial charge in [0.15, 0.2) is 0 Å². The first kappa shape index (κ1) is 19.6. The monoisotopic (exact) mass is 406 g/mol. The highest BCUT2D eigenvalue weighted by molar-refractivity contribution is 6.07. The Labute approximate surface area is 171 Å². The molecule has 0 aliphatic rings. The molecule has 30 heavy (non-hydrogen) atoms. The van der Waals surface area contributed by atoms with Crippen LogP contribution >= 0.6 is 0 Å². The number of pyridine rings is 1. The van der Waals surface area contributed by atoms with Gasteiger partial charge in [-0.3, -0.25) is 4.79 Å². The molecular weight excluding hydrogens is 389 g/mol. The van der Waals surface area contributed by atoms with E-state index in [9.17, 15) is 18.0 Å². The van der Waals surface area contributed by atoms with Crippen LogP contribution in [-0.4, -0.2) is 10.9 Å². The first-order valence-corrected chi connectivity index (χ1v) is 9.32. The predicted molar refractivity (Wildman–Crippen MR) is 110 cm³/mol. The molecule has 4 aromatic rings. The van der Waals surface area contributed by atoms with Crippen molar-refractivity contribution in [3.63, 3.8) is 0 Å². The largest absolute Gasteiger partial charge is 0.416 e. The first-order valence-electron chi connectivity index (χ1n) is 9.32. The number of nitrogens with zero attached hydrogens (tertiary/aromatic N) is 1. The minimum absolute atomic E-state index is 0.0139. The first-order chi connectivity index (χ1) is 14.4. The van der Waals surface area contributed by atoms with Gasteiger partial charge in [0.25, 0.3) is 5.91 Å². The van der Waals surface area contributed by atoms with Crippen LogP contribution < -0.4 is 5.32 Å². The van der Waals surface area contributed by atoms with Crippen LogP contribution in [0.2, 0.25) is 0 Å². The zero-order chi connectivity index (χ0) is 21.1. The van der Waals surface area contributed by atoms with Gasteiger partial charge in [0.2, 0.25) is 0 Å². The van der Waals surface area contributed by atoms with Gasteiger partial charge in [-0.25, -0.2) is 4.98 Å². The molecule has 0 fully saturated rings. The summed E-state index contributed by atoms with van der Waals surface area (Å²) < 4.78 is 39.7. The van der Waals surface area contributed by atoms with Gasteiger partial charge in [-0.1, -0.05) is 66.7 Å². The van der Waals surface area contributed by atoms with Crippen molar-refractivity contribution >= 4 is 16.8 Å². The molecule has 1 N–H and O–H groups in total. The lowest BCUT2D eigenvalue weighted by Gasteiger charge is -2.14. The average Bonchev–Trinajstić information content (AvgIpc) is 2.77. The fraction of sp³-hybridized carbons (Fsp3) is 0.0833. The van der Waals surface area contributed by atoms with E-state index in [1.165, 1.54) is 18.2 Å². The molecule has 150 valence electrons. The zero-order valence-electron chi connectivity index (χ0n) is 15.8. The number of amides is 1. The lowest BCUT2D eigenvalue weighted by molar-refractivity contribution is -0.138. The fourth-order valence-electron chi connectivity index (χ4n) is 3.34. The lowest BCUT2D eigenvalue weighted by atomic mass is 10.0. The normalized spacial score (nSPS) is 11.4. The quantitative estimate of drug-likeness (QED) is 0.462. The van der Waals surface area contributed by atoms with Crippen molar-refractivity contribution in [3.05, 3.63) is 102 Å². The number of halogens is 3. The molecule has 0 saturated heterocycles. The molecule has 0 radical (unpaired) electrons. The number of hydrogen-bond donors (Lipinski definition) is 1. The molecule has 1 aromatic heterocycles. The van der Waals surface area contributed by atoms with Crippen molar-refractivity contribution < 1.29 is 18.0 Å². The molecule has 3 nitrogen and oxygen atoms in total. The second kappa shape index (κ2) is 7.99. The van der Waals surface area contributed by atoms with Crippen LogP contribution in [0.15, 0.2) is 84.9 Å². The minimum Gasteiger partial charge on any atom is -0.348 e. The molecule has 0 aliphatic carbocycles. The molecule has 0 saturated carbocycles. The third-order valence-corrected chi connectivity index (χ3v) is 4.79. The van der Waals surface area contributed by atoms with Gasteiger partial charge in [-0.05, 0) is 23.8 Å². The molecule has 0 unspecified atom stereocenters. The Bertz CT molecular complexity index is 1200. The number of benzene rings is 3. The van der Waals surface area contributed by atoms with Gasteiger partial charge >= 0.3 is 6.18 Å². The van der Waals surface area contributed by atoms with Crippen molar-refractivity contribution in [2.24, 2.45) is 0 Å². The summed E-state index contributed by atoms with van der Waals surface area (Å²) in [6.45, 7) is -0.230. The molecule has 1 heterocycles. The molecular formula is C24H17F3N2O. The van der Waals surface area contributed by atoms with Crippen LogP contribution in [0.5, 0.6) is 0 Å². The third-order valence-electron chi connectivity index (χ3n) is 4.79. The fourth-order valence-corrected chi connectivity index (χ4v) is 3.34. The second-order valence-corrected chi connectivity index (χ2v) is 6.78. The number of aromatic nitrogens is 1. The van der Waals surface area contributed by atoms with Gasteiger partial charge in [0.1, 0.15) is 0 Å². The van der Waals surface area contributed by atoms with Gasteiger partial charge in [-0.15, -0.1) is 0 Å². The number of nitrogens with one attached hydrogen (secondary N) is 1. The standard InChI is InChI=1S/C24H17F3N2O/c25-24(26,27)20-12-6-4-10-17(20)15-28-23(30)19-14-22(16-8-2-1-3-9-16)29-21-13-7-5-11-18(19)21/h1-14H,15H2,(H,28,30). The summed E-state index contributed by atoms with van der Waals surface area (Å²) in [6.07, 6.45) is -4.48. The van der Waals surface area contributed by atoms with Gasteiger partial charge in [-0.2, -0.15) is 13.2 Å². The molecule has 3 aromatic carbocycles. The van der Waals surface area contributed by atoms with E-state index in [0.717, 1.165) is 11.6 Å². The third kappa shape index (κ3) is 4.03. The maximum absolute atomic E-state index is 13.2. The van der Waals surface area contributed by atoms with Crippen LogP contribution in [0.4, 0.5) is 13.2 Å². The Hall–Kier alpha value is -3.67.